The van der Waals surface area contributed by atoms with E-state index in [1.54, 1.807) is 23.7 Å². The molecular weight excluding hydrogens is 391 g/mol. The summed E-state index contributed by atoms with van der Waals surface area (Å²) in [5, 5.41) is 2.95. The third kappa shape index (κ3) is 3.82. The van der Waals surface area contributed by atoms with Crippen LogP contribution < -0.4 is 0 Å². The molecule has 0 saturated heterocycles. The number of ketones is 1. The van der Waals surface area contributed by atoms with Gasteiger partial charge in [0.15, 0.2) is 12.3 Å². The maximum Gasteiger partial charge on any atom is 0.358 e. The molecule has 0 saturated carbocycles. The van der Waals surface area contributed by atoms with Crippen LogP contribution in [0.5, 0.6) is 0 Å². The topological polar surface area (TPSA) is 72.1 Å². The molecular formula is C22H17FN2O3S. The van der Waals surface area contributed by atoms with E-state index < -0.39 is 5.97 Å². The van der Waals surface area contributed by atoms with Crippen molar-refractivity contribution in [1.29, 1.82) is 0 Å². The number of para-hydroxylation sites is 1. The molecule has 0 aliphatic rings. The summed E-state index contributed by atoms with van der Waals surface area (Å²) in [6.07, 6.45) is 2.50. The van der Waals surface area contributed by atoms with Gasteiger partial charge in [-0.1, -0.05) is 25.1 Å². The lowest BCUT2D eigenvalue weighted by atomic mass is 10.1. The summed E-state index contributed by atoms with van der Waals surface area (Å²) in [5.41, 5.74) is 3.36. The number of aromatic nitrogens is 2. The number of aryl methyl sites for hydroxylation is 1. The van der Waals surface area contributed by atoms with Crippen molar-refractivity contribution >= 4 is 34.0 Å². The van der Waals surface area contributed by atoms with E-state index in [1.165, 1.54) is 23.5 Å². The number of aromatic amines is 1. The number of esters is 1. The Balaban J connectivity index is 1.45. The molecule has 4 aromatic rings. The van der Waals surface area contributed by atoms with Gasteiger partial charge in [0.05, 0.1) is 0 Å². The number of Topliss-reactive ketones (excluding diaryl/α,β-unsaturated/α-hetero) is 1. The lowest BCUT2D eigenvalue weighted by Crippen LogP contribution is -2.14. The van der Waals surface area contributed by atoms with E-state index in [0.717, 1.165) is 22.9 Å². The van der Waals surface area contributed by atoms with Crippen molar-refractivity contribution in [1.82, 2.24) is 9.97 Å². The molecule has 7 heteroatoms. The molecule has 4 rings (SSSR count). The molecule has 0 amide bonds. The van der Waals surface area contributed by atoms with E-state index in [0.29, 0.717) is 16.1 Å². The predicted octanol–water partition coefficient (Wildman–Crippen LogP) is 5.03. The monoisotopic (exact) mass is 408 g/mol. The molecule has 146 valence electrons. The Morgan fingerprint density at radius 2 is 1.97 bits per heavy atom. The fourth-order valence-corrected chi connectivity index (χ4v) is 3.91. The minimum absolute atomic E-state index is 0.120. The van der Waals surface area contributed by atoms with Crippen LogP contribution in [-0.4, -0.2) is 28.3 Å². The highest BCUT2D eigenvalue weighted by Gasteiger charge is 2.18. The molecule has 0 aliphatic heterocycles. The number of carbonyl (C=O) groups is 2. The van der Waals surface area contributed by atoms with Gasteiger partial charge in [-0.2, -0.15) is 0 Å². The van der Waals surface area contributed by atoms with Crippen LogP contribution in [-0.2, 0) is 11.2 Å². The molecule has 2 heterocycles. The quantitative estimate of drug-likeness (QED) is 0.359. The number of hydrogen-bond donors (Lipinski definition) is 1. The first kappa shape index (κ1) is 19.0. The molecule has 0 atom stereocenters. The van der Waals surface area contributed by atoms with Crippen molar-refractivity contribution < 1.29 is 18.7 Å². The molecule has 2 aromatic carbocycles. The number of ether oxygens (including phenoxy) is 1. The highest BCUT2D eigenvalue weighted by atomic mass is 32.1. The van der Waals surface area contributed by atoms with Crippen LogP contribution in [0, 0.1) is 5.82 Å². The normalized spacial score (nSPS) is 11.0. The predicted molar refractivity (Wildman–Crippen MR) is 110 cm³/mol. The molecule has 5 nitrogen and oxygen atoms in total. The second kappa shape index (κ2) is 7.97. The number of halogens is 1. The van der Waals surface area contributed by atoms with Gasteiger partial charge in [0, 0.05) is 33.6 Å². The Labute approximate surface area is 170 Å². The highest BCUT2D eigenvalue weighted by Crippen LogP contribution is 2.25. The summed E-state index contributed by atoms with van der Waals surface area (Å²) >= 11 is 1.25. The highest BCUT2D eigenvalue weighted by molar-refractivity contribution is 7.13. The first-order valence-electron chi connectivity index (χ1n) is 9.07. The molecule has 0 aliphatic carbocycles. The lowest BCUT2D eigenvalue weighted by Gasteiger charge is -2.03. The van der Waals surface area contributed by atoms with Crippen molar-refractivity contribution in [3.05, 3.63) is 76.7 Å². The van der Waals surface area contributed by atoms with Crippen LogP contribution in [0.3, 0.4) is 0 Å². The largest absolute Gasteiger partial charge is 0.453 e. The fourth-order valence-electron chi connectivity index (χ4n) is 3.12. The Bertz CT molecular complexity index is 1190. The van der Waals surface area contributed by atoms with E-state index in [-0.39, 0.29) is 23.9 Å². The number of rotatable bonds is 6. The number of nitrogens with zero attached hydrogens (tertiary/aromatic N) is 1. The van der Waals surface area contributed by atoms with Crippen LogP contribution in [0.1, 0.15) is 33.3 Å². The second-order valence-electron chi connectivity index (χ2n) is 6.44. The van der Waals surface area contributed by atoms with Crippen molar-refractivity contribution in [2.24, 2.45) is 0 Å². The summed E-state index contributed by atoms with van der Waals surface area (Å²) in [5.74, 6) is -1.30. The second-order valence-corrected chi connectivity index (χ2v) is 7.30. The number of fused-ring (bicyclic) bond motifs is 1. The first-order valence-corrected chi connectivity index (χ1v) is 9.95. The molecule has 0 unspecified atom stereocenters. The van der Waals surface area contributed by atoms with Gasteiger partial charge >= 0.3 is 5.97 Å². The Morgan fingerprint density at radius 3 is 2.72 bits per heavy atom. The van der Waals surface area contributed by atoms with Crippen molar-refractivity contribution in [2.75, 3.05) is 6.61 Å². The van der Waals surface area contributed by atoms with Gasteiger partial charge in [-0.05, 0) is 36.2 Å². The number of thiazole rings is 1. The number of H-pyrrole nitrogens is 1. The van der Waals surface area contributed by atoms with Crippen molar-refractivity contribution in [3.63, 3.8) is 0 Å². The zero-order valence-corrected chi connectivity index (χ0v) is 16.4. The van der Waals surface area contributed by atoms with Gasteiger partial charge in [-0.25, -0.2) is 14.2 Å². The lowest BCUT2D eigenvalue weighted by molar-refractivity contribution is 0.0470. The minimum Gasteiger partial charge on any atom is -0.453 e. The van der Waals surface area contributed by atoms with Gasteiger partial charge in [-0.15, -0.1) is 11.3 Å². The summed E-state index contributed by atoms with van der Waals surface area (Å²) in [4.78, 5) is 32.2. The third-order valence-electron chi connectivity index (χ3n) is 4.62. The van der Waals surface area contributed by atoms with Crippen LogP contribution in [0.4, 0.5) is 4.39 Å². The summed E-state index contributed by atoms with van der Waals surface area (Å²) in [6, 6.07) is 11.6. The van der Waals surface area contributed by atoms with Gasteiger partial charge in [0.25, 0.3) is 0 Å². The fraction of sp³-hybridized carbons (Fsp3) is 0.136. The SMILES string of the molecule is CCc1cccc2c(C(=O)COC(=O)c3csc(-c4ccc(F)cc4)n3)c[nH]c12. The molecule has 0 fully saturated rings. The van der Waals surface area contributed by atoms with E-state index in [4.69, 9.17) is 4.74 Å². The number of carbonyl (C=O) groups excluding carboxylic acids is 2. The number of benzene rings is 2. The summed E-state index contributed by atoms with van der Waals surface area (Å²) in [6.45, 7) is 1.68. The minimum atomic E-state index is -0.669. The maximum absolute atomic E-state index is 13.0. The van der Waals surface area contributed by atoms with E-state index in [9.17, 15) is 14.0 Å². The van der Waals surface area contributed by atoms with E-state index in [2.05, 4.69) is 9.97 Å². The zero-order chi connectivity index (χ0) is 20.4. The van der Waals surface area contributed by atoms with Crippen LogP contribution in [0.25, 0.3) is 21.5 Å². The first-order chi connectivity index (χ1) is 14.1. The van der Waals surface area contributed by atoms with Gasteiger partial charge < -0.3 is 9.72 Å². The molecule has 0 bridgehead atoms. The molecule has 2 aromatic heterocycles. The van der Waals surface area contributed by atoms with Gasteiger partial charge in [-0.3, -0.25) is 4.79 Å². The number of nitrogens with one attached hydrogen (secondary N) is 1. The van der Waals surface area contributed by atoms with Crippen LogP contribution >= 0.6 is 11.3 Å². The Kier molecular flexibility index (Phi) is 5.22. The average molecular weight is 408 g/mol. The standard InChI is InChI=1S/C22H17FN2O3S/c1-2-13-4-3-5-16-17(10-24-20(13)16)19(26)11-28-22(27)18-12-29-21(25-18)14-6-8-15(23)9-7-14/h3-10,12,24H,2,11H2,1H3. The molecule has 0 spiro atoms. The maximum atomic E-state index is 13.0. The van der Waals surface area contributed by atoms with E-state index >= 15 is 0 Å². The van der Waals surface area contributed by atoms with Crippen molar-refractivity contribution in [2.45, 2.75) is 13.3 Å². The smallest absolute Gasteiger partial charge is 0.358 e. The van der Waals surface area contributed by atoms with Crippen molar-refractivity contribution in [3.8, 4) is 10.6 Å². The third-order valence-corrected chi connectivity index (χ3v) is 5.51. The number of hydrogen-bond acceptors (Lipinski definition) is 5. The Hall–Kier alpha value is -3.32. The zero-order valence-electron chi connectivity index (χ0n) is 15.6. The van der Waals surface area contributed by atoms with E-state index in [1.807, 2.05) is 25.1 Å². The summed E-state index contributed by atoms with van der Waals surface area (Å²) in [7, 11) is 0. The Morgan fingerprint density at radius 1 is 1.17 bits per heavy atom. The summed E-state index contributed by atoms with van der Waals surface area (Å²) < 4.78 is 18.2. The molecule has 1 N–H and O–H groups in total. The van der Waals surface area contributed by atoms with Gasteiger partial charge in [0.1, 0.15) is 10.8 Å². The average Bonchev–Trinajstić information content (AvgIpc) is 3.39. The van der Waals surface area contributed by atoms with Gasteiger partial charge in [0.2, 0.25) is 5.78 Å². The molecule has 29 heavy (non-hydrogen) atoms. The van der Waals surface area contributed by atoms with Crippen LogP contribution in [0.2, 0.25) is 0 Å². The van der Waals surface area contributed by atoms with Crippen LogP contribution in [0.15, 0.2) is 54.0 Å². The molecule has 0 radical (unpaired) electrons.